The van der Waals surface area contributed by atoms with Crippen LogP contribution in [0.25, 0.3) is 0 Å². The van der Waals surface area contributed by atoms with E-state index < -0.39 is 0 Å². The molecule has 0 saturated carbocycles. The van der Waals surface area contributed by atoms with Gasteiger partial charge in [-0.15, -0.1) is 0 Å². The molecular weight excluding hydrogens is 464 g/mol. The van der Waals surface area contributed by atoms with Crippen molar-refractivity contribution < 1.29 is 9.47 Å². The highest BCUT2D eigenvalue weighted by Gasteiger charge is 1.97. The monoisotopic (exact) mass is 490 g/mol. The Bertz CT molecular complexity index is 1440. The average molecular weight is 491 g/mol. The first kappa shape index (κ1) is 24.5. The van der Waals surface area contributed by atoms with Gasteiger partial charge in [-0.25, -0.2) is 0 Å². The third kappa shape index (κ3) is 7.41. The molecule has 0 saturated heterocycles. The van der Waals surface area contributed by atoms with Crippen molar-refractivity contribution in [3.05, 3.63) is 167 Å². The number of rotatable bonds is 6. The molecule has 0 radical (unpaired) electrons. The summed E-state index contributed by atoms with van der Waals surface area (Å²) in [6.07, 6.45) is 0. The average Bonchev–Trinajstić information content (AvgIpc) is 2.99. The van der Waals surface area contributed by atoms with E-state index in [1.165, 1.54) is 0 Å². The highest BCUT2D eigenvalue weighted by Crippen LogP contribution is 2.15. The van der Waals surface area contributed by atoms with E-state index in [4.69, 9.17) is 9.47 Å². The summed E-state index contributed by atoms with van der Waals surface area (Å²) in [6.45, 7) is 1.10. The van der Waals surface area contributed by atoms with Gasteiger partial charge in [0.1, 0.15) is 24.7 Å². The van der Waals surface area contributed by atoms with Crippen molar-refractivity contribution in [2.24, 2.45) is 0 Å². The first-order valence-corrected chi connectivity index (χ1v) is 12.5. The highest BCUT2D eigenvalue weighted by atomic mass is 16.5. The van der Waals surface area contributed by atoms with E-state index in [2.05, 4.69) is 47.9 Å². The summed E-state index contributed by atoms with van der Waals surface area (Å²) in [5.41, 5.74) is 6.06. The van der Waals surface area contributed by atoms with Gasteiger partial charge in [0.25, 0.3) is 0 Å². The van der Waals surface area contributed by atoms with Gasteiger partial charge in [0, 0.05) is 22.3 Å². The molecule has 0 heterocycles. The normalized spacial score (nSPS) is 9.89. The molecule has 0 aliphatic heterocycles. The van der Waals surface area contributed by atoms with Crippen molar-refractivity contribution in [2.75, 3.05) is 0 Å². The second-order valence-corrected chi connectivity index (χ2v) is 8.67. The van der Waals surface area contributed by atoms with Gasteiger partial charge in [0.05, 0.1) is 0 Å². The zero-order chi connectivity index (χ0) is 25.8. The lowest BCUT2D eigenvalue weighted by Crippen LogP contribution is -1.94. The molecule has 0 aliphatic carbocycles. The Morgan fingerprint density at radius 1 is 0.342 bits per heavy atom. The molecule has 0 aliphatic rings. The van der Waals surface area contributed by atoms with Crippen molar-refractivity contribution in [3.8, 4) is 35.2 Å². The van der Waals surface area contributed by atoms with Crippen molar-refractivity contribution in [1.82, 2.24) is 0 Å². The molecule has 5 aromatic rings. The highest BCUT2D eigenvalue weighted by molar-refractivity contribution is 5.48. The van der Waals surface area contributed by atoms with E-state index in [9.17, 15) is 0 Å². The van der Waals surface area contributed by atoms with Gasteiger partial charge in [-0.05, 0) is 83.9 Å². The molecule has 0 atom stereocenters. The number of benzene rings is 5. The number of hydrogen-bond donors (Lipinski definition) is 0. The molecule has 38 heavy (non-hydrogen) atoms. The van der Waals surface area contributed by atoms with Crippen molar-refractivity contribution >= 4 is 0 Å². The van der Waals surface area contributed by atoms with Crippen LogP contribution in [0.1, 0.15) is 33.4 Å². The molecule has 2 heteroatoms. The summed E-state index contributed by atoms with van der Waals surface area (Å²) < 4.78 is 11.7. The van der Waals surface area contributed by atoms with Crippen LogP contribution in [0.5, 0.6) is 11.5 Å². The lowest BCUT2D eigenvalue weighted by atomic mass is 10.1. The Balaban J connectivity index is 1.13. The Morgan fingerprint density at radius 2 is 0.632 bits per heavy atom. The second-order valence-electron chi connectivity index (χ2n) is 8.67. The van der Waals surface area contributed by atoms with Gasteiger partial charge < -0.3 is 9.47 Å². The van der Waals surface area contributed by atoms with Crippen LogP contribution in [0, 0.1) is 23.7 Å². The van der Waals surface area contributed by atoms with E-state index >= 15 is 0 Å². The van der Waals surface area contributed by atoms with E-state index in [1.54, 1.807) is 0 Å². The Kier molecular flexibility index (Phi) is 8.18. The summed E-state index contributed by atoms with van der Waals surface area (Å²) >= 11 is 0. The zero-order valence-electron chi connectivity index (χ0n) is 20.9. The minimum atomic E-state index is 0.551. The molecule has 0 fully saturated rings. The van der Waals surface area contributed by atoms with Crippen LogP contribution in [-0.2, 0) is 13.2 Å². The van der Waals surface area contributed by atoms with E-state index in [0.29, 0.717) is 13.2 Å². The maximum atomic E-state index is 5.84. The van der Waals surface area contributed by atoms with Gasteiger partial charge >= 0.3 is 0 Å². The molecule has 0 unspecified atom stereocenters. The minimum Gasteiger partial charge on any atom is -0.489 e. The van der Waals surface area contributed by atoms with Gasteiger partial charge in [0.2, 0.25) is 0 Å². The number of hydrogen-bond acceptors (Lipinski definition) is 2. The SMILES string of the molecule is C(#Cc1ccc(OCc2ccccc2)cc1)c1ccc(C#Cc2ccc(OCc3ccccc3)cc2)cc1. The maximum absolute atomic E-state index is 5.84. The quantitative estimate of drug-likeness (QED) is 0.228. The van der Waals surface area contributed by atoms with Gasteiger partial charge in [-0.1, -0.05) is 84.3 Å². The third-order valence-corrected chi connectivity index (χ3v) is 5.79. The van der Waals surface area contributed by atoms with Gasteiger partial charge in [-0.3, -0.25) is 0 Å². The van der Waals surface area contributed by atoms with Crippen molar-refractivity contribution in [1.29, 1.82) is 0 Å². The summed E-state index contributed by atoms with van der Waals surface area (Å²) in [5.74, 6) is 14.5. The maximum Gasteiger partial charge on any atom is 0.119 e. The molecule has 0 spiro atoms. The largest absolute Gasteiger partial charge is 0.489 e. The third-order valence-electron chi connectivity index (χ3n) is 5.79. The summed E-state index contributed by atoms with van der Waals surface area (Å²) in [5, 5.41) is 0. The van der Waals surface area contributed by atoms with E-state index in [-0.39, 0.29) is 0 Å². The predicted octanol–water partition coefficient (Wildman–Crippen LogP) is 7.64. The molecule has 0 aromatic heterocycles. The fraction of sp³-hybridized carbons (Fsp3) is 0.0556. The first-order valence-electron chi connectivity index (χ1n) is 12.5. The summed E-state index contributed by atoms with van der Waals surface area (Å²) in [7, 11) is 0. The van der Waals surface area contributed by atoms with Gasteiger partial charge in [-0.2, -0.15) is 0 Å². The van der Waals surface area contributed by atoms with Crippen molar-refractivity contribution in [2.45, 2.75) is 13.2 Å². The molecule has 0 N–H and O–H groups in total. The lowest BCUT2D eigenvalue weighted by Gasteiger charge is -2.06. The van der Waals surface area contributed by atoms with Crippen LogP contribution in [0.2, 0.25) is 0 Å². The summed E-state index contributed by atoms with van der Waals surface area (Å²) in [6, 6.07) is 44.0. The second kappa shape index (κ2) is 12.7. The molecule has 0 bridgehead atoms. The smallest absolute Gasteiger partial charge is 0.119 e. The Hall–Kier alpha value is -5.18. The molecule has 5 aromatic carbocycles. The predicted molar refractivity (Wildman–Crippen MR) is 153 cm³/mol. The van der Waals surface area contributed by atoms with Crippen LogP contribution in [0.4, 0.5) is 0 Å². The molecule has 5 rings (SSSR count). The first-order chi connectivity index (χ1) is 18.8. The minimum absolute atomic E-state index is 0.551. The lowest BCUT2D eigenvalue weighted by molar-refractivity contribution is 0.306. The van der Waals surface area contributed by atoms with Gasteiger partial charge in [0.15, 0.2) is 0 Å². The number of ether oxygens (including phenoxy) is 2. The standard InChI is InChI=1S/C36H26O2/c1-3-7-33(8-4-1)27-37-35-23-19-31(20-24-35)17-15-29-11-13-30(14-12-29)16-18-32-21-25-36(26-22-32)38-28-34-9-5-2-6-10-34/h1-14,19-26H,27-28H2. The van der Waals surface area contributed by atoms with Crippen LogP contribution < -0.4 is 9.47 Å². The van der Waals surface area contributed by atoms with E-state index in [0.717, 1.165) is 44.9 Å². The zero-order valence-corrected chi connectivity index (χ0v) is 20.9. The molecule has 182 valence electrons. The molecular formula is C36H26O2. The fourth-order valence-corrected chi connectivity index (χ4v) is 3.68. The molecule has 0 amide bonds. The summed E-state index contributed by atoms with van der Waals surface area (Å²) in [4.78, 5) is 0. The Labute approximate surface area is 224 Å². The fourth-order valence-electron chi connectivity index (χ4n) is 3.68. The van der Waals surface area contributed by atoms with Crippen molar-refractivity contribution in [3.63, 3.8) is 0 Å². The van der Waals surface area contributed by atoms with Crippen LogP contribution in [0.15, 0.2) is 133 Å². The molecule has 2 nitrogen and oxygen atoms in total. The van der Waals surface area contributed by atoms with E-state index in [1.807, 2.05) is 109 Å². The topological polar surface area (TPSA) is 18.5 Å². The van der Waals surface area contributed by atoms with Crippen LogP contribution >= 0.6 is 0 Å². The Morgan fingerprint density at radius 3 is 0.947 bits per heavy atom. The van der Waals surface area contributed by atoms with Crippen LogP contribution in [0.3, 0.4) is 0 Å². The van der Waals surface area contributed by atoms with Crippen LogP contribution in [-0.4, -0.2) is 0 Å².